The number of hydrogen-bond donors (Lipinski definition) is 1. The van der Waals surface area contributed by atoms with Gasteiger partial charge >= 0.3 is 6.18 Å². The van der Waals surface area contributed by atoms with E-state index in [1.165, 1.54) is 30.3 Å². The number of benzene rings is 2. The zero-order valence-electron chi connectivity index (χ0n) is 10.3. The van der Waals surface area contributed by atoms with Crippen LogP contribution in [0.2, 0.25) is 10.0 Å². The molecule has 0 bridgehead atoms. The predicted octanol–water partition coefficient (Wildman–Crippen LogP) is 5.26. The van der Waals surface area contributed by atoms with Gasteiger partial charge in [0.05, 0.1) is 26.9 Å². The monoisotopic (exact) mass is 333 g/mol. The Bertz CT molecular complexity index is 666. The third kappa shape index (κ3) is 3.49. The van der Waals surface area contributed by atoms with E-state index in [-0.39, 0.29) is 21.3 Å². The topological polar surface area (TPSA) is 29.1 Å². The van der Waals surface area contributed by atoms with Gasteiger partial charge in [-0.1, -0.05) is 41.4 Å². The summed E-state index contributed by atoms with van der Waals surface area (Å²) < 4.78 is 38.6. The number of anilines is 1. The lowest BCUT2D eigenvalue weighted by atomic mass is 10.1. The molecule has 0 fully saturated rings. The molecule has 2 nitrogen and oxygen atoms in total. The molecule has 0 aliphatic rings. The lowest BCUT2D eigenvalue weighted by Gasteiger charge is -2.14. The van der Waals surface area contributed by atoms with Crippen LogP contribution in [0.5, 0.6) is 0 Å². The van der Waals surface area contributed by atoms with Crippen molar-refractivity contribution in [3.05, 3.63) is 63.6 Å². The molecule has 0 radical (unpaired) electrons. The zero-order valence-corrected chi connectivity index (χ0v) is 11.9. The maximum absolute atomic E-state index is 12.9. The van der Waals surface area contributed by atoms with Crippen molar-refractivity contribution in [1.29, 1.82) is 0 Å². The average Bonchev–Trinajstić information content (AvgIpc) is 2.37. The van der Waals surface area contributed by atoms with Crippen molar-refractivity contribution >= 4 is 34.8 Å². The van der Waals surface area contributed by atoms with E-state index in [4.69, 9.17) is 23.2 Å². The van der Waals surface area contributed by atoms with Crippen molar-refractivity contribution in [3.63, 3.8) is 0 Å². The summed E-state index contributed by atoms with van der Waals surface area (Å²) in [6.07, 6.45) is -4.58. The zero-order chi connectivity index (χ0) is 15.6. The number of alkyl halides is 3. The molecule has 110 valence electrons. The Morgan fingerprint density at radius 2 is 1.52 bits per heavy atom. The number of rotatable bonds is 2. The van der Waals surface area contributed by atoms with Crippen LogP contribution in [0.4, 0.5) is 18.9 Å². The number of carbonyl (C=O) groups is 1. The molecule has 1 amide bonds. The van der Waals surface area contributed by atoms with E-state index in [1.807, 2.05) is 0 Å². The second kappa shape index (κ2) is 5.95. The van der Waals surface area contributed by atoms with Crippen LogP contribution in [0.3, 0.4) is 0 Å². The Morgan fingerprint density at radius 1 is 0.952 bits per heavy atom. The summed E-state index contributed by atoms with van der Waals surface area (Å²) in [5, 5.41) is 2.31. The van der Waals surface area contributed by atoms with Gasteiger partial charge in [-0.2, -0.15) is 13.2 Å². The largest absolute Gasteiger partial charge is 0.418 e. The van der Waals surface area contributed by atoms with Crippen LogP contribution in [0.15, 0.2) is 42.5 Å². The fourth-order valence-corrected chi connectivity index (χ4v) is 2.31. The van der Waals surface area contributed by atoms with Gasteiger partial charge in [0, 0.05) is 0 Å². The Kier molecular flexibility index (Phi) is 4.44. The van der Waals surface area contributed by atoms with Crippen LogP contribution in [-0.4, -0.2) is 5.91 Å². The summed E-state index contributed by atoms with van der Waals surface area (Å²) in [5.74, 6) is -0.803. The van der Waals surface area contributed by atoms with Crippen LogP contribution in [0.25, 0.3) is 0 Å². The van der Waals surface area contributed by atoms with E-state index in [0.29, 0.717) is 0 Å². The van der Waals surface area contributed by atoms with Crippen LogP contribution < -0.4 is 5.32 Å². The Hall–Kier alpha value is -1.72. The molecule has 0 spiro atoms. The minimum absolute atomic E-state index is 0.0597. The maximum Gasteiger partial charge on any atom is 0.418 e. The van der Waals surface area contributed by atoms with Crippen LogP contribution in [-0.2, 0) is 6.18 Å². The molecular formula is C14H8Cl2F3NO. The second-order valence-electron chi connectivity index (χ2n) is 4.09. The van der Waals surface area contributed by atoms with Crippen molar-refractivity contribution in [2.24, 2.45) is 0 Å². The average molecular weight is 334 g/mol. The molecule has 1 N–H and O–H groups in total. The third-order valence-corrected chi connectivity index (χ3v) is 3.30. The number of halogens is 5. The molecular weight excluding hydrogens is 326 g/mol. The van der Waals surface area contributed by atoms with E-state index in [0.717, 1.165) is 12.1 Å². The van der Waals surface area contributed by atoms with E-state index in [9.17, 15) is 18.0 Å². The lowest BCUT2D eigenvalue weighted by Crippen LogP contribution is -2.17. The molecule has 0 atom stereocenters. The molecule has 2 aromatic rings. The summed E-state index contributed by atoms with van der Waals surface area (Å²) in [6, 6.07) is 9.05. The highest BCUT2D eigenvalue weighted by molar-refractivity contribution is 6.40. The molecule has 21 heavy (non-hydrogen) atoms. The normalized spacial score (nSPS) is 11.3. The summed E-state index contributed by atoms with van der Waals surface area (Å²) in [4.78, 5) is 12.1. The first-order chi connectivity index (χ1) is 9.80. The van der Waals surface area contributed by atoms with Gasteiger partial charge in [0.15, 0.2) is 0 Å². The van der Waals surface area contributed by atoms with Gasteiger partial charge in [-0.3, -0.25) is 4.79 Å². The van der Waals surface area contributed by atoms with Crippen LogP contribution in [0, 0.1) is 0 Å². The summed E-state index contributed by atoms with van der Waals surface area (Å²) in [5.41, 5.74) is -1.37. The van der Waals surface area contributed by atoms with E-state index < -0.39 is 17.6 Å². The Balaban J connectivity index is 2.38. The SMILES string of the molecule is O=C(Nc1ccccc1C(F)(F)F)c1c(Cl)cccc1Cl. The first-order valence-corrected chi connectivity index (χ1v) is 6.48. The van der Waals surface area contributed by atoms with Gasteiger partial charge in [0.1, 0.15) is 0 Å². The van der Waals surface area contributed by atoms with Gasteiger partial charge in [-0.15, -0.1) is 0 Å². The molecule has 0 aliphatic heterocycles. The van der Waals surface area contributed by atoms with Gasteiger partial charge in [-0.25, -0.2) is 0 Å². The number of hydrogen-bond acceptors (Lipinski definition) is 1. The van der Waals surface area contributed by atoms with Crippen molar-refractivity contribution < 1.29 is 18.0 Å². The maximum atomic E-state index is 12.9. The van der Waals surface area contributed by atoms with Crippen molar-refractivity contribution in [2.75, 3.05) is 5.32 Å². The summed E-state index contributed by atoms with van der Waals surface area (Å²) >= 11 is 11.7. The fraction of sp³-hybridized carbons (Fsp3) is 0.0714. The summed E-state index contributed by atoms with van der Waals surface area (Å²) in [7, 11) is 0. The standard InChI is InChI=1S/C14H8Cl2F3NO/c15-9-5-3-6-10(16)12(9)13(21)20-11-7-2-1-4-8(11)14(17,18)19/h1-7H,(H,20,21). The molecule has 2 aromatic carbocycles. The third-order valence-electron chi connectivity index (χ3n) is 2.67. The fourth-order valence-electron chi connectivity index (χ4n) is 1.74. The smallest absolute Gasteiger partial charge is 0.321 e. The van der Waals surface area contributed by atoms with E-state index in [1.54, 1.807) is 0 Å². The molecule has 7 heteroatoms. The Morgan fingerprint density at radius 3 is 2.10 bits per heavy atom. The highest BCUT2D eigenvalue weighted by Gasteiger charge is 2.33. The first kappa shape index (κ1) is 15.7. The molecule has 0 unspecified atom stereocenters. The van der Waals surface area contributed by atoms with Gasteiger partial charge < -0.3 is 5.32 Å². The minimum Gasteiger partial charge on any atom is -0.321 e. The molecule has 0 saturated heterocycles. The van der Waals surface area contributed by atoms with Crippen LogP contribution in [0.1, 0.15) is 15.9 Å². The lowest BCUT2D eigenvalue weighted by molar-refractivity contribution is -0.136. The molecule has 0 aliphatic carbocycles. The first-order valence-electron chi connectivity index (χ1n) is 5.72. The van der Waals surface area contributed by atoms with E-state index in [2.05, 4.69) is 5.32 Å². The highest BCUT2D eigenvalue weighted by atomic mass is 35.5. The molecule has 0 heterocycles. The van der Waals surface area contributed by atoms with Crippen molar-refractivity contribution in [1.82, 2.24) is 0 Å². The molecule has 0 aromatic heterocycles. The molecule has 0 saturated carbocycles. The number of carbonyl (C=O) groups excluding carboxylic acids is 1. The number of amides is 1. The molecule has 2 rings (SSSR count). The van der Waals surface area contributed by atoms with Gasteiger partial charge in [0.25, 0.3) is 5.91 Å². The van der Waals surface area contributed by atoms with Gasteiger partial charge in [0.2, 0.25) is 0 Å². The number of para-hydroxylation sites is 1. The van der Waals surface area contributed by atoms with Crippen molar-refractivity contribution in [2.45, 2.75) is 6.18 Å². The quantitative estimate of drug-likeness (QED) is 0.797. The second-order valence-corrected chi connectivity index (χ2v) is 4.91. The van der Waals surface area contributed by atoms with Crippen molar-refractivity contribution in [3.8, 4) is 0 Å². The number of nitrogens with one attached hydrogen (secondary N) is 1. The highest BCUT2D eigenvalue weighted by Crippen LogP contribution is 2.35. The van der Waals surface area contributed by atoms with E-state index >= 15 is 0 Å². The Labute approximate surface area is 128 Å². The minimum atomic E-state index is -4.58. The van der Waals surface area contributed by atoms with Crippen LogP contribution >= 0.6 is 23.2 Å². The predicted molar refractivity (Wildman–Crippen MR) is 75.9 cm³/mol. The van der Waals surface area contributed by atoms with Gasteiger partial charge in [-0.05, 0) is 24.3 Å². The summed E-state index contributed by atoms with van der Waals surface area (Å²) in [6.45, 7) is 0.